The summed E-state index contributed by atoms with van der Waals surface area (Å²) < 4.78 is 5.28. The molecule has 0 aromatic heterocycles. The maximum atomic E-state index is 11.8. The Hall–Kier alpha value is -1.55. The second-order valence-electron chi connectivity index (χ2n) is 7.85. The average molecular weight is 330 g/mol. The van der Waals surface area contributed by atoms with E-state index in [0.717, 1.165) is 30.2 Å². The summed E-state index contributed by atoms with van der Waals surface area (Å²) in [4.78, 5) is 11.8. The van der Waals surface area contributed by atoms with Gasteiger partial charge in [0.25, 0.3) is 0 Å². The molecule has 1 aromatic rings. The molecule has 0 radical (unpaired) electrons. The van der Waals surface area contributed by atoms with Crippen molar-refractivity contribution >= 4 is 6.09 Å². The van der Waals surface area contributed by atoms with Gasteiger partial charge in [0, 0.05) is 18.1 Å². The van der Waals surface area contributed by atoms with Gasteiger partial charge in [-0.3, -0.25) is 0 Å². The van der Waals surface area contributed by atoms with Crippen LogP contribution in [-0.4, -0.2) is 24.2 Å². The highest BCUT2D eigenvalue weighted by Gasteiger charge is 2.33. The zero-order chi connectivity index (χ0) is 16.9. The molecule has 1 aromatic carbocycles. The second-order valence-corrected chi connectivity index (χ2v) is 7.85. The second kappa shape index (κ2) is 8.02. The molecule has 4 heteroatoms. The van der Waals surface area contributed by atoms with Gasteiger partial charge in [0.2, 0.25) is 0 Å². The minimum atomic E-state index is -0.304. The van der Waals surface area contributed by atoms with Crippen LogP contribution in [0.25, 0.3) is 0 Å². The van der Waals surface area contributed by atoms with Crippen LogP contribution in [0.15, 0.2) is 30.3 Å². The lowest BCUT2D eigenvalue weighted by Gasteiger charge is -2.41. The molecule has 132 valence electrons. The first-order valence-corrected chi connectivity index (χ1v) is 9.31. The number of nitrogens with one attached hydrogen (secondary N) is 2. The molecule has 0 saturated heterocycles. The summed E-state index contributed by atoms with van der Waals surface area (Å²) in [6.07, 6.45) is 5.66. The summed E-state index contributed by atoms with van der Waals surface area (Å²) in [6, 6.07) is 11.2. The highest BCUT2D eigenvalue weighted by Crippen LogP contribution is 2.30. The third-order valence-corrected chi connectivity index (χ3v) is 5.32. The fourth-order valence-electron chi connectivity index (χ4n) is 4.22. The predicted octanol–water partition coefficient (Wildman–Crippen LogP) is 3.86. The van der Waals surface area contributed by atoms with Crippen molar-refractivity contribution in [1.29, 1.82) is 0 Å². The average Bonchev–Trinajstić information content (AvgIpc) is 2.51. The van der Waals surface area contributed by atoms with Gasteiger partial charge in [-0.15, -0.1) is 0 Å². The van der Waals surface area contributed by atoms with E-state index < -0.39 is 0 Å². The SMILES string of the molecule is CC1CC(C)CC(NC2CC(NC(=O)OCc3ccccc3)C2)C1. The van der Waals surface area contributed by atoms with E-state index in [9.17, 15) is 4.79 Å². The lowest BCUT2D eigenvalue weighted by Crippen LogP contribution is -2.55. The topological polar surface area (TPSA) is 50.4 Å². The molecule has 2 unspecified atom stereocenters. The van der Waals surface area contributed by atoms with Gasteiger partial charge in [-0.05, 0) is 49.5 Å². The van der Waals surface area contributed by atoms with E-state index in [1.54, 1.807) is 0 Å². The van der Waals surface area contributed by atoms with Crippen LogP contribution in [0.3, 0.4) is 0 Å². The van der Waals surface area contributed by atoms with E-state index in [1.807, 2.05) is 30.3 Å². The Morgan fingerprint density at radius 2 is 1.58 bits per heavy atom. The van der Waals surface area contributed by atoms with Gasteiger partial charge in [0.05, 0.1) is 0 Å². The van der Waals surface area contributed by atoms with E-state index >= 15 is 0 Å². The normalized spacial score (nSPS) is 32.7. The number of amides is 1. The number of rotatable bonds is 5. The van der Waals surface area contributed by atoms with Gasteiger partial charge in [-0.2, -0.15) is 0 Å². The lowest BCUT2D eigenvalue weighted by atomic mass is 9.78. The number of alkyl carbamates (subject to hydrolysis) is 1. The molecule has 2 N–H and O–H groups in total. The van der Waals surface area contributed by atoms with Crippen LogP contribution < -0.4 is 10.6 Å². The molecular formula is C20H30N2O2. The van der Waals surface area contributed by atoms with Crippen molar-refractivity contribution in [3.8, 4) is 0 Å². The first-order chi connectivity index (χ1) is 11.6. The molecule has 24 heavy (non-hydrogen) atoms. The maximum Gasteiger partial charge on any atom is 0.407 e. The molecule has 3 rings (SSSR count). The molecule has 2 saturated carbocycles. The van der Waals surface area contributed by atoms with Gasteiger partial charge in [0.15, 0.2) is 0 Å². The minimum Gasteiger partial charge on any atom is -0.445 e. The highest BCUT2D eigenvalue weighted by atomic mass is 16.5. The van der Waals surface area contributed by atoms with Gasteiger partial charge in [-0.25, -0.2) is 4.79 Å². The monoisotopic (exact) mass is 330 g/mol. The Balaban J connectivity index is 1.31. The van der Waals surface area contributed by atoms with Crippen LogP contribution in [0, 0.1) is 11.8 Å². The summed E-state index contributed by atoms with van der Waals surface area (Å²) >= 11 is 0. The van der Waals surface area contributed by atoms with Crippen LogP contribution in [0.5, 0.6) is 0 Å². The van der Waals surface area contributed by atoms with Gasteiger partial charge >= 0.3 is 6.09 Å². The first-order valence-electron chi connectivity index (χ1n) is 9.31. The fourth-order valence-corrected chi connectivity index (χ4v) is 4.22. The quantitative estimate of drug-likeness (QED) is 0.862. The molecule has 0 heterocycles. The summed E-state index contributed by atoms with van der Waals surface area (Å²) in [5.74, 6) is 1.65. The summed E-state index contributed by atoms with van der Waals surface area (Å²) in [6.45, 7) is 5.05. The van der Waals surface area contributed by atoms with Crippen LogP contribution >= 0.6 is 0 Å². The molecule has 4 nitrogen and oxygen atoms in total. The van der Waals surface area contributed by atoms with Crippen molar-refractivity contribution in [3.63, 3.8) is 0 Å². The Kier molecular flexibility index (Phi) is 5.77. The Morgan fingerprint density at radius 3 is 2.25 bits per heavy atom. The van der Waals surface area contributed by atoms with E-state index in [2.05, 4.69) is 24.5 Å². The predicted molar refractivity (Wildman–Crippen MR) is 95.7 cm³/mol. The Bertz CT molecular complexity index is 518. The molecule has 2 fully saturated rings. The fraction of sp³-hybridized carbons (Fsp3) is 0.650. The van der Waals surface area contributed by atoms with E-state index in [4.69, 9.17) is 4.74 Å². The van der Waals surface area contributed by atoms with Gasteiger partial charge in [0.1, 0.15) is 6.61 Å². The van der Waals surface area contributed by atoms with Crippen LogP contribution in [0.4, 0.5) is 4.79 Å². The number of ether oxygens (including phenoxy) is 1. The Morgan fingerprint density at radius 1 is 0.958 bits per heavy atom. The zero-order valence-corrected chi connectivity index (χ0v) is 14.8. The summed E-state index contributed by atoms with van der Waals surface area (Å²) in [5, 5.41) is 6.76. The van der Waals surface area contributed by atoms with Crippen LogP contribution in [0.1, 0.15) is 51.5 Å². The van der Waals surface area contributed by atoms with Crippen molar-refractivity contribution in [2.45, 2.75) is 70.7 Å². The third-order valence-electron chi connectivity index (χ3n) is 5.32. The highest BCUT2D eigenvalue weighted by molar-refractivity contribution is 5.67. The largest absolute Gasteiger partial charge is 0.445 e. The number of hydrogen-bond acceptors (Lipinski definition) is 3. The standard InChI is InChI=1S/C20H30N2O2/c1-14-8-15(2)10-17(9-14)21-18-11-19(12-18)22-20(23)24-13-16-6-4-3-5-7-16/h3-7,14-15,17-19,21H,8-13H2,1-2H3,(H,22,23). The molecule has 2 aliphatic rings. The number of hydrogen-bond donors (Lipinski definition) is 2. The molecular weight excluding hydrogens is 300 g/mol. The van der Waals surface area contributed by atoms with Gasteiger partial charge in [-0.1, -0.05) is 44.2 Å². The molecule has 2 atom stereocenters. The van der Waals surface area contributed by atoms with Gasteiger partial charge < -0.3 is 15.4 Å². The van der Waals surface area contributed by atoms with E-state index in [0.29, 0.717) is 18.7 Å². The van der Waals surface area contributed by atoms with Crippen molar-refractivity contribution < 1.29 is 9.53 Å². The Labute approximate surface area is 145 Å². The van der Waals surface area contributed by atoms with Crippen LogP contribution in [-0.2, 0) is 11.3 Å². The number of benzene rings is 1. The van der Waals surface area contributed by atoms with Crippen LogP contribution in [0.2, 0.25) is 0 Å². The summed E-state index contributed by atoms with van der Waals surface area (Å²) in [7, 11) is 0. The van der Waals surface area contributed by atoms with Crippen molar-refractivity contribution in [2.75, 3.05) is 0 Å². The molecule has 2 aliphatic carbocycles. The molecule has 0 aliphatic heterocycles. The zero-order valence-electron chi connectivity index (χ0n) is 14.8. The molecule has 1 amide bonds. The van der Waals surface area contributed by atoms with E-state index in [-0.39, 0.29) is 12.1 Å². The summed E-state index contributed by atoms with van der Waals surface area (Å²) in [5.41, 5.74) is 1.02. The van der Waals surface area contributed by atoms with E-state index in [1.165, 1.54) is 19.3 Å². The first kappa shape index (κ1) is 17.3. The molecule has 0 spiro atoms. The lowest BCUT2D eigenvalue weighted by molar-refractivity contribution is 0.121. The number of carbonyl (C=O) groups is 1. The minimum absolute atomic E-state index is 0.254. The van der Waals surface area contributed by atoms with Crippen molar-refractivity contribution in [2.24, 2.45) is 11.8 Å². The maximum absolute atomic E-state index is 11.8. The molecule has 0 bridgehead atoms. The van der Waals surface area contributed by atoms with Crippen molar-refractivity contribution in [1.82, 2.24) is 10.6 Å². The van der Waals surface area contributed by atoms with Crippen molar-refractivity contribution in [3.05, 3.63) is 35.9 Å². The smallest absolute Gasteiger partial charge is 0.407 e. The number of carbonyl (C=O) groups excluding carboxylic acids is 1. The third kappa shape index (κ3) is 4.97.